The third kappa shape index (κ3) is 1.99. The molecular weight excluding hydrogens is 160 g/mol. The largest absolute Gasteiger partial charge is 0.396 e. The van der Waals surface area contributed by atoms with Gasteiger partial charge in [-0.2, -0.15) is 0 Å². The second-order valence-corrected chi connectivity index (χ2v) is 3.31. The molecule has 0 aromatic carbocycles. The minimum atomic E-state index is -0.0486. The van der Waals surface area contributed by atoms with E-state index < -0.39 is 0 Å². The molecule has 62 valence electrons. The number of aryl methyl sites for hydroxylation is 1. The van der Waals surface area contributed by atoms with Crippen LogP contribution in [0.2, 0.25) is 0 Å². The summed E-state index contributed by atoms with van der Waals surface area (Å²) in [5.41, 5.74) is 8.52. The lowest BCUT2D eigenvalue weighted by Gasteiger charge is -2.06. The summed E-state index contributed by atoms with van der Waals surface area (Å²) >= 11 is 1.55. The smallest absolute Gasteiger partial charge is 0.0798 e. The Morgan fingerprint density at radius 2 is 2.55 bits per heavy atom. The fourth-order valence-electron chi connectivity index (χ4n) is 0.937. The molecular formula is C7H12N2OS. The SMILES string of the molecule is Cc1ncsc1C(N)CCO. The first kappa shape index (κ1) is 8.64. The zero-order valence-electron chi connectivity index (χ0n) is 6.45. The highest BCUT2D eigenvalue weighted by atomic mass is 32.1. The highest BCUT2D eigenvalue weighted by Crippen LogP contribution is 2.21. The molecule has 1 rings (SSSR count). The minimum Gasteiger partial charge on any atom is -0.396 e. The first-order chi connectivity index (χ1) is 5.25. The van der Waals surface area contributed by atoms with Gasteiger partial charge in [-0.15, -0.1) is 11.3 Å². The number of thiazole rings is 1. The second-order valence-electron chi connectivity index (χ2n) is 2.42. The van der Waals surface area contributed by atoms with Gasteiger partial charge < -0.3 is 10.8 Å². The van der Waals surface area contributed by atoms with Crippen LogP contribution in [0, 0.1) is 6.92 Å². The molecule has 1 aromatic rings. The summed E-state index contributed by atoms with van der Waals surface area (Å²) in [7, 11) is 0. The first-order valence-electron chi connectivity index (χ1n) is 3.52. The Hall–Kier alpha value is -0.450. The molecule has 1 aromatic heterocycles. The molecule has 3 N–H and O–H groups in total. The maximum atomic E-state index is 8.63. The van der Waals surface area contributed by atoms with Crippen molar-refractivity contribution in [2.24, 2.45) is 5.73 Å². The number of aromatic nitrogens is 1. The van der Waals surface area contributed by atoms with Gasteiger partial charge in [0.05, 0.1) is 11.2 Å². The number of aliphatic hydroxyl groups is 1. The standard InChI is InChI=1S/C7H12N2OS/c1-5-7(11-4-9-5)6(8)2-3-10/h4,6,10H,2-3,8H2,1H3. The molecule has 0 saturated carbocycles. The van der Waals surface area contributed by atoms with Crippen LogP contribution < -0.4 is 5.73 Å². The maximum absolute atomic E-state index is 8.63. The predicted octanol–water partition coefficient (Wildman–Crippen LogP) is 0.834. The molecule has 1 unspecified atom stereocenters. The molecule has 0 saturated heterocycles. The molecule has 0 amide bonds. The molecule has 0 bridgehead atoms. The highest BCUT2D eigenvalue weighted by molar-refractivity contribution is 7.09. The van der Waals surface area contributed by atoms with Gasteiger partial charge in [0.1, 0.15) is 0 Å². The molecule has 0 fully saturated rings. The van der Waals surface area contributed by atoms with E-state index in [1.807, 2.05) is 6.92 Å². The third-order valence-electron chi connectivity index (χ3n) is 1.56. The van der Waals surface area contributed by atoms with Crippen molar-refractivity contribution in [2.75, 3.05) is 6.61 Å². The van der Waals surface area contributed by atoms with Crippen molar-refractivity contribution < 1.29 is 5.11 Å². The summed E-state index contributed by atoms with van der Waals surface area (Å²) in [6.07, 6.45) is 0.614. The van der Waals surface area contributed by atoms with Gasteiger partial charge in [-0.3, -0.25) is 0 Å². The summed E-state index contributed by atoms with van der Waals surface area (Å²) in [4.78, 5) is 5.16. The molecule has 11 heavy (non-hydrogen) atoms. The highest BCUT2D eigenvalue weighted by Gasteiger charge is 2.09. The van der Waals surface area contributed by atoms with Crippen LogP contribution in [0.3, 0.4) is 0 Å². The minimum absolute atomic E-state index is 0.0486. The lowest BCUT2D eigenvalue weighted by atomic mass is 10.2. The Balaban J connectivity index is 2.67. The number of rotatable bonds is 3. The van der Waals surface area contributed by atoms with Crippen molar-refractivity contribution >= 4 is 11.3 Å². The van der Waals surface area contributed by atoms with E-state index in [1.165, 1.54) is 0 Å². The normalized spacial score (nSPS) is 13.4. The molecule has 0 aliphatic rings. The van der Waals surface area contributed by atoms with Crippen molar-refractivity contribution in [3.05, 3.63) is 16.1 Å². The van der Waals surface area contributed by atoms with Gasteiger partial charge in [0.15, 0.2) is 0 Å². The molecule has 1 heterocycles. The van der Waals surface area contributed by atoms with Crippen LogP contribution in [0.15, 0.2) is 5.51 Å². The fraction of sp³-hybridized carbons (Fsp3) is 0.571. The van der Waals surface area contributed by atoms with Crippen LogP contribution in [-0.2, 0) is 0 Å². The Labute approximate surface area is 69.9 Å². The van der Waals surface area contributed by atoms with Gasteiger partial charge in [-0.25, -0.2) is 4.98 Å². The van der Waals surface area contributed by atoms with Crippen LogP contribution in [0.25, 0.3) is 0 Å². The van der Waals surface area contributed by atoms with Crippen LogP contribution in [-0.4, -0.2) is 16.7 Å². The zero-order chi connectivity index (χ0) is 8.27. The van der Waals surface area contributed by atoms with E-state index in [2.05, 4.69) is 4.98 Å². The number of nitrogens with two attached hydrogens (primary N) is 1. The fourth-order valence-corrected chi connectivity index (χ4v) is 1.78. The van der Waals surface area contributed by atoms with E-state index in [1.54, 1.807) is 16.8 Å². The van der Waals surface area contributed by atoms with E-state index in [4.69, 9.17) is 10.8 Å². The van der Waals surface area contributed by atoms with E-state index in [-0.39, 0.29) is 12.6 Å². The molecule has 0 spiro atoms. The van der Waals surface area contributed by atoms with Crippen molar-refractivity contribution in [1.82, 2.24) is 4.98 Å². The Bertz CT molecular complexity index is 224. The van der Waals surface area contributed by atoms with Gasteiger partial charge in [0.25, 0.3) is 0 Å². The Morgan fingerprint density at radius 3 is 3.00 bits per heavy atom. The molecule has 0 aliphatic carbocycles. The molecule has 0 aliphatic heterocycles. The number of nitrogens with zero attached hydrogens (tertiary/aromatic N) is 1. The Kier molecular flexibility index (Phi) is 2.99. The first-order valence-corrected chi connectivity index (χ1v) is 4.40. The molecule has 1 atom stereocenters. The van der Waals surface area contributed by atoms with Crippen molar-refractivity contribution in [3.63, 3.8) is 0 Å². The van der Waals surface area contributed by atoms with E-state index in [0.717, 1.165) is 10.6 Å². The number of hydrogen-bond donors (Lipinski definition) is 2. The van der Waals surface area contributed by atoms with Gasteiger partial charge in [0.2, 0.25) is 0 Å². The summed E-state index contributed by atoms with van der Waals surface area (Å²) in [5, 5.41) is 8.63. The van der Waals surface area contributed by atoms with Crippen molar-refractivity contribution in [3.8, 4) is 0 Å². The van der Waals surface area contributed by atoms with Gasteiger partial charge in [-0.05, 0) is 13.3 Å². The van der Waals surface area contributed by atoms with Crippen LogP contribution in [0.1, 0.15) is 23.0 Å². The number of hydrogen-bond acceptors (Lipinski definition) is 4. The summed E-state index contributed by atoms with van der Waals surface area (Å²) in [5.74, 6) is 0. The van der Waals surface area contributed by atoms with E-state index in [9.17, 15) is 0 Å². The van der Waals surface area contributed by atoms with Crippen LogP contribution in [0.4, 0.5) is 0 Å². The van der Waals surface area contributed by atoms with E-state index in [0.29, 0.717) is 6.42 Å². The maximum Gasteiger partial charge on any atom is 0.0798 e. The predicted molar refractivity (Wildman–Crippen MR) is 45.5 cm³/mol. The van der Waals surface area contributed by atoms with E-state index >= 15 is 0 Å². The topological polar surface area (TPSA) is 59.1 Å². The average Bonchev–Trinajstić information content (AvgIpc) is 2.36. The third-order valence-corrected chi connectivity index (χ3v) is 2.62. The van der Waals surface area contributed by atoms with Gasteiger partial charge in [-0.1, -0.05) is 0 Å². The summed E-state index contributed by atoms with van der Waals surface area (Å²) in [6.45, 7) is 2.07. The average molecular weight is 172 g/mol. The lowest BCUT2D eigenvalue weighted by molar-refractivity contribution is 0.277. The van der Waals surface area contributed by atoms with Crippen LogP contribution in [0.5, 0.6) is 0 Å². The lowest BCUT2D eigenvalue weighted by Crippen LogP contribution is -2.11. The monoisotopic (exact) mass is 172 g/mol. The van der Waals surface area contributed by atoms with Gasteiger partial charge >= 0.3 is 0 Å². The number of aliphatic hydroxyl groups excluding tert-OH is 1. The zero-order valence-corrected chi connectivity index (χ0v) is 7.27. The van der Waals surface area contributed by atoms with Crippen molar-refractivity contribution in [2.45, 2.75) is 19.4 Å². The molecule has 3 nitrogen and oxygen atoms in total. The summed E-state index contributed by atoms with van der Waals surface area (Å²) in [6, 6.07) is -0.0486. The van der Waals surface area contributed by atoms with Gasteiger partial charge in [0, 0.05) is 17.5 Å². The molecule has 4 heteroatoms. The Morgan fingerprint density at radius 1 is 1.82 bits per heavy atom. The quantitative estimate of drug-likeness (QED) is 0.710. The second kappa shape index (κ2) is 3.80. The molecule has 0 radical (unpaired) electrons. The van der Waals surface area contributed by atoms with Crippen LogP contribution >= 0.6 is 11.3 Å². The van der Waals surface area contributed by atoms with Crippen molar-refractivity contribution in [1.29, 1.82) is 0 Å². The summed E-state index contributed by atoms with van der Waals surface area (Å²) < 4.78 is 0.